The SMILES string of the molecule is O=C(CN1CCCC1)Nc1ccc(Cl)c(N=C2NC(=O)/C(=C/c3ccc4ncccc4c3)S2)c1. The van der Waals surface area contributed by atoms with Gasteiger partial charge in [-0.05, 0) is 85.7 Å². The zero-order valence-electron chi connectivity index (χ0n) is 18.3. The predicted molar refractivity (Wildman–Crippen MR) is 138 cm³/mol. The standard InChI is InChI=1S/C25H22ClN5O2S/c26-19-7-6-18(28-23(32)15-31-10-1-2-11-31)14-21(19)29-25-30-24(33)22(34-25)13-16-5-8-20-17(12-16)4-3-9-27-20/h3-9,12-14H,1-2,10-11,15H2,(H,28,32)(H,29,30,33)/b22-13-. The zero-order chi connectivity index (χ0) is 23.5. The molecule has 1 aromatic heterocycles. The molecule has 7 nitrogen and oxygen atoms in total. The van der Waals surface area contributed by atoms with E-state index in [1.807, 2.05) is 36.4 Å². The summed E-state index contributed by atoms with van der Waals surface area (Å²) in [6.07, 6.45) is 5.84. The van der Waals surface area contributed by atoms with Crippen LogP contribution in [0.1, 0.15) is 18.4 Å². The number of benzene rings is 2. The summed E-state index contributed by atoms with van der Waals surface area (Å²) < 4.78 is 0. The van der Waals surface area contributed by atoms with Crippen LogP contribution in [0.15, 0.2) is 64.6 Å². The summed E-state index contributed by atoms with van der Waals surface area (Å²) in [6, 6.07) is 14.9. The molecule has 172 valence electrons. The molecule has 9 heteroatoms. The molecule has 0 aliphatic carbocycles. The molecule has 2 amide bonds. The molecule has 2 aliphatic rings. The van der Waals surface area contributed by atoms with Gasteiger partial charge in [0.05, 0.1) is 27.7 Å². The van der Waals surface area contributed by atoms with Gasteiger partial charge in [0.2, 0.25) is 5.91 Å². The first kappa shape index (κ1) is 22.6. The van der Waals surface area contributed by atoms with Gasteiger partial charge in [0.25, 0.3) is 5.91 Å². The lowest BCUT2D eigenvalue weighted by molar-refractivity contribution is -0.117. The summed E-state index contributed by atoms with van der Waals surface area (Å²) in [5.74, 6) is -0.289. The number of carbonyl (C=O) groups is 2. The number of nitrogens with zero attached hydrogens (tertiary/aromatic N) is 3. The maximum absolute atomic E-state index is 12.5. The summed E-state index contributed by atoms with van der Waals surface area (Å²) >= 11 is 7.58. The number of hydrogen-bond donors (Lipinski definition) is 2. The Bertz CT molecular complexity index is 1330. The number of aliphatic imine (C=N–C) groups is 1. The van der Waals surface area contributed by atoms with E-state index in [0.29, 0.717) is 33.0 Å². The van der Waals surface area contributed by atoms with Crippen molar-refractivity contribution in [3.05, 3.63) is 70.2 Å². The summed E-state index contributed by atoms with van der Waals surface area (Å²) in [4.78, 5) is 36.4. The highest BCUT2D eigenvalue weighted by atomic mass is 35.5. The molecule has 2 saturated heterocycles. The molecule has 0 saturated carbocycles. The Hall–Kier alpha value is -3.20. The fraction of sp³-hybridized carbons (Fsp3) is 0.200. The van der Waals surface area contributed by atoms with E-state index in [1.54, 1.807) is 24.4 Å². The van der Waals surface area contributed by atoms with E-state index in [2.05, 4.69) is 25.5 Å². The van der Waals surface area contributed by atoms with Gasteiger partial charge in [-0.3, -0.25) is 19.5 Å². The first-order valence-electron chi connectivity index (χ1n) is 11.0. The number of hydrogen-bond acceptors (Lipinski definition) is 6. The van der Waals surface area contributed by atoms with Crippen molar-refractivity contribution in [3.63, 3.8) is 0 Å². The van der Waals surface area contributed by atoms with Crippen molar-refractivity contribution in [1.82, 2.24) is 15.2 Å². The molecule has 3 heterocycles. The van der Waals surface area contributed by atoms with Gasteiger partial charge in [0, 0.05) is 17.3 Å². The molecule has 2 aromatic carbocycles. The molecule has 2 N–H and O–H groups in total. The van der Waals surface area contributed by atoms with Gasteiger partial charge in [-0.1, -0.05) is 23.7 Å². The Kier molecular flexibility index (Phi) is 6.62. The Morgan fingerprint density at radius 3 is 2.91 bits per heavy atom. The predicted octanol–water partition coefficient (Wildman–Crippen LogP) is 4.81. The number of amides is 2. The second-order valence-electron chi connectivity index (χ2n) is 8.13. The average molecular weight is 492 g/mol. The van der Waals surface area contributed by atoms with Gasteiger partial charge >= 0.3 is 0 Å². The zero-order valence-corrected chi connectivity index (χ0v) is 19.8. The fourth-order valence-corrected chi connectivity index (χ4v) is 4.94. The Morgan fingerprint density at radius 2 is 2.06 bits per heavy atom. The molecule has 5 rings (SSSR count). The number of amidine groups is 1. The minimum absolute atomic E-state index is 0.0674. The third-order valence-corrected chi connectivity index (χ3v) is 6.82. The van der Waals surface area contributed by atoms with Gasteiger partial charge in [0.1, 0.15) is 0 Å². The van der Waals surface area contributed by atoms with Crippen molar-refractivity contribution in [3.8, 4) is 0 Å². The molecule has 2 aliphatic heterocycles. The molecule has 0 unspecified atom stereocenters. The van der Waals surface area contributed by atoms with Crippen LogP contribution in [0.3, 0.4) is 0 Å². The van der Waals surface area contributed by atoms with E-state index >= 15 is 0 Å². The van der Waals surface area contributed by atoms with Gasteiger partial charge in [-0.2, -0.15) is 0 Å². The Morgan fingerprint density at radius 1 is 1.21 bits per heavy atom. The fourth-order valence-electron chi connectivity index (χ4n) is 3.95. The molecule has 0 radical (unpaired) electrons. The quantitative estimate of drug-likeness (QED) is 0.500. The minimum Gasteiger partial charge on any atom is -0.325 e. The Labute approximate surface area is 206 Å². The van der Waals surface area contributed by atoms with Crippen LogP contribution >= 0.6 is 23.4 Å². The molecule has 0 atom stereocenters. The second kappa shape index (κ2) is 9.97. The first-order chi connectivity index (χ1) is 16.5. The van der Waals surface area contributed by atoms with Gasteiger partial charge in [-0.25, -0.2) is 4.99 Å². The second-order valence-corrected chi connectivity index (χ2v) is 9.57. The van der Waals surface area contributed by atoms with Crippen LogP contribution in [0.2, 0.25) is 5.02 Å². The highest BCUT2D eigenvalue weighted by molar-refractivity contribution is 8.18. The lowest BCUT2D eigenvalue weighted by Crippen LogP contribution is -2.30. The molecule has 2 fully saturated rings. The molecule has 0 bridgehead atoms. The molecule has 3 aromatic rings. The lowest BCUT2D eigenvalue weighted by atomic mass is 10.1. The summed E-state index contributed by atoms with van der Waals surface area (Å²) in [5, 5.41) is 7.56. The number of thioether (sulfide) groups is 1. The van der Waals surface area contributed by atoms with E-state index in [-0.39, 0.29) is 11.8 Å². The normalized spacial score (nSPS) is 18.7. The first-order valence-corrected chi connectivity index (χ1v) is 12.2. The number of likely N-dealkylation sites (tertiary alicyclic amines) is 1. The van der Waals surface area contributed by atoms with Crippen molar-refractivity contribution in [2.24, 2.45) is 4.99 Å². The number of aromatic nitrogens is 1. The van der Waals surface area contributed by atoms with Gasteiger partial charge < -0.3 is 10.6 Å². The monoisotopic (exact) mass is 491 g/mol. The third-order valence-electron chi connectivity index (χ3n) is 5.59. The number of carbonyl (C=O) groups excluding carboxylic acids is 2. The van der Waals surface area contributed by atoms with Crippen LogP contribution in [0.25, 0.3) is 17.0 Å². The molecular weight excluding hydrogens is 470 g/mol. The van der Waals surface area contributed by atoms with Gasteiger partial charge in [0.15, 0.2) is 5.17 Å². The van der Waals surface area contributed by atoms with Crippen molar-refractivity contribution in [2.75, 3.05) is 25.0 Å². The van der Waals surface area contributed by atoms with Crippen molar-refractivity contribution in [1.29, 1.82) is 0 Å². The molecule has 34 heavy (non-hydrogen) atoms. The van der Waals surface area contributed by atoms with Gasteiger partial charge in [-0.15, -0.1) is 0 Å². The van der Waals surface area contributed by atoms with Crippen LogP contribution in [0.4, 0.5) is 11.4 Å². The highest BCUT2D eigenvalue weighted by Gasteiger charge is 2.24. The number of nitrogens with one attached hydrogen (secondary N) is 2. The number of anilines is 1. The van der Waals surface area contributed by atoms with E-state index in [9.17, 15) is 9.59 Å². The largest absolute Gasteiger partial charge is 0.325 e. The molecular formula is C25H22ClN5O2S. The number of rotatable bonds is 5. The van der Waals surface area contributed by atoms with E-state index in [0.717, 1.165) is 42.4 Å². The smallest absolute Gasteiger partial charge is 0.264 e. The van der Waals surface area contributed by atoms with Crippen LogP contribution in [-0.4, -0.2) is 46.5 Å². The van der Waals surface area contributed by atoms with E-state index in [4.69, 9.17) is 11.6 Å². The molecule has 0 spiro atoms. The average Bonchev–Trinajstić information content (AvgIpc) is 3.45. The van der Waals surface area contributed by atoms with E-state index < -0.39 is 0 Å². The van der Waals surface area contributed by atoms with Crippen molar-refractivity contribution < 1.29 is 9.59 Å². The Balaban J connectivity index is 1.31. The van der Waals surface area contributed by atoms with Crippen LogP contribution in [0, 0.1) is 0 Å². The van der Waals surface area contributed by atoms with Crippen LogP contribution in [-0.2, 0) is 9.59 Å². The number of fused-ring (bicyclic) bond motifs is 1. The summed E-state index contributed by atoms with van der Waals surface area (Å²) in [6.45, 7) is 2.28. The number of halogens is 1. The lowest BCUT2D eigenvalue weighted by Gasteiger charge is -2.14. The summed E-state index contributed by atoms with van der Waals surface area (Å²) in [5.41, 5.74) is 2.89. The van der Waals surface area contributed by atoms with Crippen LogP contribution in [0.5, 0.6) is 0 Å². The number of pyridine rings is 1. The third kappa shape index (κ3) is 5.30. The van der Waals surface area contributed by atoms with Crippen molar-refractivity contribution in [2.45, 2.75) is 12.8 Å². The minimum atomic E-state index is -0.221. The summed E-state index contributed by atoms with van der Waals surface area (Å²) in [7, 11) is 0. The topological polar surface area (TPSA) is 86.7 Å². The van der Waals surface area contributed by atoms with Crippen LogP contribution < -0.4 is 10.6 Å². The maximum atomic E-state index is 12.5. The van der Waals surface area contributed by atoms with E-state index in [1.165, 1.54) is 11.8 Å². The maximum Gasteiger partial charge on any atom is 0.264 e. The highest BCUT2D eigenvalue weighted by Crippen LogP contribution is 2.33. The van der Waals surface area contributed by atoms with Crippen molar-refractivity contribution >= 4 is 68.7 Å².